The lowest BCUT2D eigenvalue weighted by Crippen LogP contribution is -2.38. The van der Waals surface area contributed by atoms with E-state index in [2.05, 4.69) is 4.98 Å². The lowest BCUT2D eigenvalue weighted by atomic mass is 10.1. The minimum atomic E-state index is -4.71. The number of pyridine rings is 1. The van der Waals surface area contributed by atoms with E-state index in [0.29, 0.717) is 32.8 Å². The van der Waals surface area contributed by atoms with Gasteiger partial charge in [-0.25, -0.2) is 13.8 Å². The number of morpholine rings is 1. The highest BCUT2D eigenvalue weighted by molar-refractivity contribution is 6.09. The molecule has 1 saturated heterocycles. The quantitative estimate of drug-likeness (QED) is 0.621. The monoisotopic (exact) mass is 399 g/mol. The van der Waals surface area contributed by atoms with Crippen molar-refractivity contribution in [2.75, 3.05) is 32.8 Å². The Morgan fingerprint density at radius 1 is 1.07 bits per heavy atom. The van der Waals surface area contributed by atoms with Gasteiger partial charge in [0.1, 0.15) is 5.82 Å². The number of nitrogens with zero attached hydrogens (tertiary/aromatic N) is 3. The smallest absolute Gasteiger partial charge is 0.379 e. The molecule has 4 nitrogen and oxygen atoms in total. The second-order valence-electron chi connectivity index (χ2n) is 6.85. The molecule has 1 aliphatic rings. The van der Waals surface area contributed by atoms with Crippen LogP contribution in [-0.4, -0.2) is 47.3 Å². The topological polar surface area (TPSA) is 30.3 Å². The Bertz CT molecular complexity index is 1040. The molecule has 0 spiro atoms. The summed E-state index contributed by atoms with van der Waals surface area (Å²) < 4.78 is 76.5. The molecule has 0 amide bonds. The van der Waals surface area contributed by atoms with Crippen LogP contribution in [-0.2, 0) is 17.5 Å². The van der Waals surface area contributed by atoms with E-state index in [0.717, 1.165) is 12.3 Å². The van der Waals surface area contributed by atoms with E-state index in [1.165, 1.54) is 17.6 Å². The summed E-state index contributed by atoms with van der Waals surface area (Å²) in [6, 6.07) is 2.47. The molecule has 28 heavy (non-hydrogen) atoms. The Labute approximate surface area is 157 Å². The van der Waals surface area contributed by atoms with E-state index in [9.17, 15) is 22.0 Å². The van der Waals surface area contributed by atoms with Crippen LogP contribution in [0.4, 0.5) is 22.0 Å². The highest BCUT2D eigenvalue weighted by atomic mass is 19.4. The molecule has 9 heteroatoms. The van der Waals surface area contributed by atoms with Gasteiger partial charge in [0.05, 0.1) is 24.2 Å². The van der Waals surface area contributed by atoms with Gasteiger partial charge in [0.2, 0.25) is 0 Å². The third-order valence-electron chi connectivity index (χ3n) is 5.19. The van der Waals surface area contributed by atoms with E-state index < -0.39 is 23.5 Å². The zero-order valence-corrected chi connectivity index (χ0v) is 15.1. The fraction of sp³-hybridized carbons (Fsp3) is 0.421. The van der Waals surface area contributed by atoms with Gasteiger partial charge >= 0.3 is 6.18 Å². The molecule has 0 aliphatic carbocycles. The van der Waals surface area contributed by atoms with Crippen molar-refractivity contribution >= 4 is 21.8 Å². The van der Waals surface area contributed by atoms with Crippen molar-refractivity contribution in [1.82, 2.24) is 14.5 Å². The Kier molecular flexibility index (Phi) is 4.75. The number of benzene rings is 1. The lowest BCUT2D eigenvalue weighted by Gasteiger charge is -2.27. The van der Waals surface area contributed by atoms with E-state index >= 15 is 0 Å². The fourth-order valence-corrected chi connectivity index (χ4v) is 3.73. The van der Waals surface area contributed by atoms with Gasteiger partial charge in [0.15, 0.2) is 11.5 Å². The van der Waals surface area contributed by atoms with Crippen LogP contribution in [0, 0.1) is 18.6 Å². The SMILES string of the molecule is Cc1c(F)cc2c3ccnc(C(F)(F)F)c3n(CCN3CCOCC3)c2c1F. The van der Waals surface area contributed by atoms with Gasteiger partial charge in [-0.3, -0.25) is 4.90 Å². The van der Waals surface area contributed by atoms with E-state index in [4.69, 9.17) is 4.74 Å². The van der Waals surface area contributed by atoms with Gasteiger partial charge in [-0.1, -0.05) is 0 Å². The molecule has 0 saturated carbocycles. The van der Waals surface area contributed by atoms with Crippen molar-refractivity contribution in [3.8, 4) is 0 Å². The van der Waals surface area contributed by atoms with Crippen molar-refractivity contribution in [2.24, 2.45) is 0 Å². The molecule has 0 bridgehead atoms. The lowest BCUT2D eigenvalue weighted by molar-refractivity contribution is -0.140. The molecule has 0 N–H and O–H groups in total. The molecule has 2 aromatic heterocycles. The summed E-state index contributed by atoms with van der Waals surface area (Å²) in [4.78, 5) is 5.55. The van der Waals surface area contributed by atoms with Gasteiger partial charge < -0.3 is 9.30 Å². The molecule has 1 fully saturated rings. The maximum atomic E-state index is 15.0. The van der Waals surface area contributed by atoms with Crippen LogP contribution < -0.4 is 0 Å². The number of rotatable bonds is 3. The van der Waals surface area contributed by atoms with Crippen molar-refractivity contribution in [3.05, 3.63) is 41.2 Å². The first kappa shape index (κ1) is 19.1. The summed E-state index contributed by atoms with van der Waals surface area (Å²) in [5, 5.41) is 0.252. The predicted octanol–water partition coefficient (Wildman–Crippen LogP) is 4.13. The molecule has 4 rings (SSSR count). The molecular formula is C19H18F5N3O. The second-order valence-corrected chi connectivity index (χ2v) is 6.85. The fourth-order valence-electron chi connectivity index (χ4n) is 3.73. The average Bonchev–Trinajstić information content (AvgIpc) is 2.98. The molecule has 3 heterocycles. The van der Waals surface area contributed by atoms with Gasteiger partial charge in [0.25, 0.3) is 0 Å². The maximum absolute atomic E-state index is 15.0. The van der Waals surface area contributed by atoms with Crippen LogP contribution in [0.2, 0.25) is 0 Å². The number of aromatic nitrogens is 2. The number of hydrogen-bond acceptors (Lipinski definition) is 3. The van der Waals surface area contributed by atoms with Crippen LogP contribution in [0.1, 0.15) is 11.3 Å². The number of halogens is 5. The maximum Gasteiger partial charge on any atom is 0.435 e. The van der Waals surface area contributed by atoms with E-state index in [-0.39, 0.29) is 33.9 Å². The molecule has 0 unspecified atom stereocenters. The van der Waals surface area contributed by atoms with Crippen molar-refractivity contribution in [3.63, 3.8) is 0 Å². The second kappa shape index (κ2) is 6.97. The zero-order chi connectivity index (χ0) is 20.1. The Hall–Kier alpha value is -2.26. The first-order valence-corrected chi connectivity index (χ1v) is 8.92. The van der Waals surface area contributed by atoms with E-state index in [1.807, 2.05) is 4.90 Å². The van der Waals surface area contributed by atoms with Gasteiger partial charge in [-0.2, -0.15) is 13.2 Å². The normalized spacial score (nSPS) is 16.4. The molecule has 3 aromatic rings. The van der Waals surface area contributed by atoms with Gasteiger partial charge in [0, 0.05) is 48.7 Å². The van der Waals surface area contributed by atoms with Gasteiger partial charge in [-0.15, -0.1) is 0 Å². The Morgan fingerprint density at radius 3 is 2.46 bits per heavy atom. The summed E-state index contributed by atoms with van der Waals surface area (Å²) in [6.07, 6.45) is -3.69. The first-order valence-electron chi connectivity index (χ1n) is 8.92. The molecule has 0 atom stereocenters. The average molecular weight is 399 g/mol. The highest BCUT2D eigenvalue weighted by Gasteiger charge is 2.37. The molecular weight excluding hydrogens is 381 g/mol. The van der Waals surface area contributed by atoms with Gasteiger partial charge in [-0.05, 0) is 19.1 Å². The van der Waals surface area contributed by atoms with Crippen molar-refractivity contribution < 1.29 is 26.7 Å². The van der Waals surface area contributed by atoms with Crippen LogP contribution in [0.25, 0.3) is 21.8 Å². The summed E-state index contributed by atoms with van der Waals surface area (Å²) in [5.74, 6) is -1.64. The van der Waals surface area contributed by atoms with Crippen LogP contribution in [0.15, 0.2) is 18.3 Å². The summed E-state index contributed by atoms with van der Waals surface area (Å²) >= 11 is 0. The summed E-state index contributed by atoms with van der Waals surface area (Å²) in [5.41, 5.74) is -1.56. The van der Waals surface area contributed by atoms with Crippen LogP contribution >= 0.6 is 0 Å². The van der Waals surface area contributed by atoms with Crippen molar-refractivity contribution in [1.29, 1.82) is 0 Å². The minimum Gasteiger partial charge on any atom is -0.379 e. The van der Waals surface area contributed by atoms with Crippen LogP contribution in [0.5, 0.6) is 0 Å². The zero-order valence-electron chi connectivity index (χ0n) is 15.1. The summed E-state index contributed by atoms with van der Waals surface area (Å²) in [6.45, 7) is 4.20. The first-order chi connectivity index (χ1) is 13.3. The number of ether oxygens (including phenoxy) is 1. The standard InChI is InChI=1S/C19H18F5N3O/c1-11-14(20)10-13-12-2-3-25-18(19(22,23)24)17(12)27(16(13)15(11)21)5-4-26-6-8-28-9-7-26/h2-3,10H,4-9H2,1H3. The summed E-state index contributed by atoms with van der Waals surface area (Å²) in [7, 11) is 0. The van der Waals surface area contributed by atoms with E-state index in [1.54, 1.807) is 0 Å². The Morgan fingerprint density at radius 2 is 1.79 bits per heavy atom. The number of fused-ring (bicyclic) bond motifs is 3. The third-order valence-corrected chi connectivity index (χ3v) is 5.19. The molecule has 1 aliphatic heterocycles. The molecule has 0 radical (unpaired) electrons. The minimum absolute atomic E-state index is 0.0272. The largest absolute Gasteiger partial charge is 0.435 e. The number of alkyl halides is 3. The van der Waals surface area contributed by atoms with Crippen LogP contribution in [0.3, 0.4) is 0 Å². The molecule has 1 aromatic carbocycles. The molecule has 150 valence electrons. The predicted molar refractivity (Wildman–Crippen MR) is 94.2 cm³/mol. The van der Waals surface area contributed by atoms with Crippen molar-refractivity contribution in [2.45, 2.75) is 19.6 Å². The number of hydrogen-bond donors (Lipinski definition) is 0. The Balaban J connectivity index is 1.96. The third kappa shape index (κ3) is 3.12. The highest BCUT2D eigenvalue weighted by Crippen LogP contribution is 2.39.